The molecule has 5 nitrogen and oxygen atoms in total. The zero-order valence-corrected chi connectivity index (χ0v) is 12.7. The standard InChI is InChI=1S/C16H14N4OS/c1-18-13-8-7-11(10-17)9-14(13)19-16(22)20-15(21)12-5-3-2-4-6-12/h2-9,18H,1H3,(H2,19,20,21,22). The van der Waals surface area contributed by atoms with Crippen LogP contribution in [0.5, 0.6) is 0 Å². The summed E-state index contributed by atoms with van der Waals surface area (Å²) >= 11 is 5.15. The number of carbonyl (C=O) groups is 1. The molecule has 0 aliphatic heterocycles. The van der Waals surface area contributed by atoms with E-state index in [1.807, 2.05) is 6.07 Å². The first-order valence-corrected chi connectivity index (χ1v) is 6.94. The topological polar surface area (TPSA) is 77.0 Å². The molecule has 1 amide bonds. The molecule has 2 aromatic carbocycles. The van der Waals surface area contributed by atoms with E-state index in [2.05, 4.69) is 22.0 Å². The fourth-order valence-corrected chi connectivity index (χ4v) is 2.06. The van der Waals surface area contributed by atoms with Crippen LogP contribution < -0.4 is 16.0 Å². The molecular weight excluding hydrogens is 296 g/mol. The number of nitriles is 1. The number of hydrogen-bond donors (Lipinski definition) is 3. The van der Waals surface area contributed by atoms with Crippen LogP contribution in [0.1, 0.15) is 15.9 Å². The molecule has 0 aromatic heterocycles. The number of hydrogen-bond acceptors (Lipinski definition) is 4. The summed E-state index contributed by atoms with van der Waals surface area (Å²) in [6.07, 6.45) is 0. The largest absolute Gasteiger partial charge is 0.386 e. The number of amides is 1. The zero-order chi connectivity index (χ0) is 15.9. The molecule has 0 spiro atoms. The number of anilines is 2. The van der Waals surface area contributed by atoms with Gasteiger partial charge >= 0.3 is 0 Å². The molecule has 0 heterocycles. The lowest BCUT2D eigenvalue weighted by Crippen LogP contribution is -2.34. The molecular formula is C16H14N4OS. The second-order valence-corrected chi connectivity index (χ2v) is 4.80. The third-order valence-electron chi connectivity index (χ3n) is 2.93. The smallest absolute Gasteiger partial charge is 0.257 e. The van der Waals surface area contributed by atoms with Gasteiger partial charge in [0.15, 0.2) is 5.11 Å². The van der Waals surface area contributed by atoms with Crippen molar-refractivity contribution in [2.45, 2.75) is 0 Å². The van der Waals surface area contributed by atoms with Gasteiger partial charge in [0.1, 0.15) is 0 Å². The van der Waals surface area contributed by atoms with E-state index in [0.29, 0.717) is 16.8 Å². The van der Waals surface area contributed by atoms with Crippen molar-refractivity contribution in [2.75, 3.05) is 17.7 Å². The van der Waals surface area contributed by atoms with E-state index in [-0.39, 0.29) is 11.0 Å². The summed E-state index contributed by atoms with van der Waals surface area (Å²) in [6.45, 7) is 0. The summed E-state index contributed by atoms with van der Waals surface area (Å²) in [5.74, 6) is -0.291. The molecule has 0 saturated heterocycles. The number of rotatable bonds is 3. The van der Waals surface area contributed by atoms with Crippen LogP contribution in [0.15, 0.2) is 48.5 Å². The van der Waals surface area contributed by atoms with Gasteiger partial charge in [-0.3, -0.25) is 10.1 Å². The maximum Gasteiger partial charge on any atom is 0.257 e. The van der Waals surface area contributed by atoms with Crippen LogP contribution in [0.3, 0.4) is 0 Å². The Balaban J connectivity index is 2.09. The Morgan fingerprint density at radius 2 is 1.86 bits per heavy atom. The van der Waals surface area contributed by atoms with Crippen LogP contribution in [-0.4, -0.2) is 18.1 Å². The van der Waals surface area contributed by atoms with Gasteiger partial charge in [0.2, 0.25) is 0 Å². The van der Waals surface area contributed by atoms with Gasteiger partial charge in [0.05, 0.1) is 23.0 Å². The minimum absolute atomic E-state index is 0.167. The third-order valence-corrected chi connectivity index (χ3v) is 3.13. The molecule has 2 aromatic rings. The van der Waals surface area contributed by atoms with Crippen molar-refractivity contribution in [1.82, 2.24) is 5.32 Å². The normalized spacial score (nSPS) is 9.45. The minimum atomic E-state index is -0.291. The summed E-state index contributed by atoms with van der Waals surface area (Å²) in [5, 5.41) is 17.6. The molecule has 0 unspecified atom stereocenters. The monoisotopic (exact) mass is 310 g/mol. The summed E-state index contributed by atoms with van der Waals surface area (Å²) in [4.78, 5) is 12.0. The Kier molecular flexibility index (Phi) is 5.07. The van der Waals surface area contributed by atoms with Crippen molar-refractivity contribution in [3.05, 3.63) is 59.7 Å². The molecule has 0 fully saturated rings. The van der Waals surface area contributed by atoms with Gasteiger partial charge < -0.3 is 10.6 Å². The van der Waals surface area contributed by atoms with Crippen LogP contribution in [-0.2, 0) is 0 Å². The van der Waals surface area contributed by atoms with Crippen LogP contribution >= 0.6 is 12.2 Å². The van der Waals surface area contributed by atoms with Gasteiger partial charge in [-0.2, -0.15) is 5.26 Å². The van der Waals surface area contributed by atoms with Crippen LogP contribution in [0.2, 0.25) is 0 Å². The van der Waals surface area contributed by atoms with Crippen molar-refractivity contribution in [1.29, 1.82) is 5.26 Å². The van der Waals surface area contributed by atoms with E-state index < -0.39 is 0 Å². The summed E-state index contributed by atoms with van der Waals surface area (Å²) < 4.78 is 0. The van der Waals surface area contributed by atoms with Crippen molar-refractivity contribution in [3.63, 3.8) is 0 Å². The first-order chi connectivity index (χ1) is 10.6. The highest BCUT2D eigenvalue weighted by atomic mass is 32.1. The molecule has 2 rings (SSSR count). The van der Waals surface area contributed by atoms with E-state index in [0.717, 1.165) is 5.69 Å². The Labute approximate surface area is 134 Å². The highest BCUT2D eigenvalue weighted by Gasteiger charge is 2.09. The second kappa shape index (κ2) is 7.20. The van der Waals surface area contributed by atoms with Crippen LogP contribution in [0.25, 0.3) is 0 Å². The molecule has 0 radical (unpaired) electrons. The lowest BCUT2D eigenvalue weighted by molar-refractivity contribution is 0.0977. The van der Waals surface area contributed by atoms with Gasteiger partial charge in [-0.1, -0.05) is 18.2 Å². The van der Waals surface area contributed by atoms with E-state index in [1.54, 1.807) is 49.5 Å². The van der Waals surface area contributed by atoms with E-state index >= 15 is 0 Å². The predicted octanol–water partition coefficient (Wildman–Crippen LogP) is 2.73. The molecule has 22 heavy (non-hydrogen) atoms. The van der Waals surface area contributed by atoms with E-state index in [9.17, 15) is 4.79 Å². The summed E-state index contributed by atoms with van der Waals surface area (Å²) in [7, 11) is 1.76. The second-order valence-electron chi connectivity index (χ2n) is 4.40. The molecule has 0 atom stereocenters. The quantitative estimate of drug-likeness (QED) is 0.760. The van der Waals surface area contributed by atoms with Crippen molar-refractivity contribution < 1.29 is 4.79 Å². The third kappa shape index (κ3) is 3.81. The Bertz CT molecular complexity index is 738. The highest BCUT2D eigenvalue weighted by molar-refractivity contribution is 7.80. The lowest BCUT2D eigenvalue weighted by Gasteiger charge is -2.13. The first kappa shape index (κ1) is 15.5. The summed E-state index contributed by atoms with van der Waals surface area (Å²) in [6, 6.07) is 16.0. The SMILES string of the molecule is CNc1ccc(C#N)cc1NC(=S)NC(=O)c1ccccc1. The molecule has 0 aliphatic rings. The molecule has 0 bridgehead atoms. The molecule has 0 aliphatic carbocycles. The maximum absolute atomic E-state index is 12.0. The van der Waals surface area contributed by atoms with Gasteiger partial charge in [-0.05, 0) is 42.5 Å². The fourth-order valence-electron chi connectivity index (χ4n) is 1.85. The van der Waals surface area contributed by atoms with Gasteiger partial charge in [-0.25, -0.2) is 0 Å². The average Bonchev–Trinajstić information content (AvgIpc) is 2.55. The number of carbonyl (C=O) groups excluding carboxylic acids is 1. The number of thiocarbonyl (C=S) groups is 1. The van der Waals surface area contributed by atoms with E-state index in [1.165, 1.54) is 0 Å². The fraction of sp³-hybridized carbons (Fsp3) is 0.0625. The van der Waals surface area contributed by atoms with Crippen molar-refractivity contribution >= 4 is 34.6 Å². The minimum Gasteiger partial charge on any atom is -0.386 e. The van der Waals surface area contributed by atoms with E-state index in [4.69, 9.17) is 17.5 Å². The summed E-state index contributed by atoms with van der Waals surface area (Å²) in [5.41, 5.74) is 2.42. The molecule has 110 valence electrons. The van der Waals surface area contributed by atoms with Crippen molar-refractivity contribution in [2.24, 2.45) is 0 Å². The predicted molar refractivity (Wildman–Crippen MR) is 90.8 cm³/mol. The Hall–Kier alpha value is -2.91. The highest BCUT2D eigenvalue weighted by Crippen LogP contribution is 2.22. The van der Waals surface area contributed by atoms with Crippen LogP contribution in [0.4, 0.5) is 11.4 Å². The molecule has 6 heteroatoms. The lowest BCUT2D eigenvalue weighted by atomic mass is 10.2. The van der Waals surface area contributed by atoms with Gasteiger partial charge in [0, 0.05) is 12.6 Å². The van der Waals surface area contributed by atoms with Gasteiger partial charge in [0.25, 0.3) is 5.91 Å². The number of nitrogens with zero attached hydrogens (tertiary/aromatic N) is 1. The Morgan fingerprint density at radius 1 is 1.14 bits per heavy atom. The number of benzene rings is 2. The van der Waals surface area contributed by atoms with Crippen molar-refractivity contribution in [3.8, 4) is 6.07 Å². The molecule has 0 saturated carbocycles. The average molecular weight is 310 g/mol. The zero-order valence-electron chi connectivity index (χ0n) is 11.9. The van der Waals surface area contributed by atoms with Gasteiger partial charge in [-0.15, -0.1) is 0 Å². The maximum atomic E-state index is 12.0. The number of nitrogens with one attached hydrogen (secondary N) is 3. The Morgan fingerprint density at radius 3 is 2.50 bits per heavy atom. The first-order valence-electron chi connectivity index (χ1n) is 6.53. The molecule has 3 N–H and O–H groups in total. The van der Waals surface area contributed by atoms with Crippen LogP contribution in [0, 0.1) is 11.3 Å².